The predicted octanol–water partition coefficient (Wildman–Crippen LogP) is 2.63. The molecule has 1 atom stereocenters. The van der Waals surface area contributed by atoms with Crippen molar-refractivity contribution in [2.75, 3.05) is 13.7 Å². The number of nitrogens with one attached hydrogen (secondary N) is 1. The SMILES string of the molecule is CNC(=O)c1cccc(C[C@@H]2CCOc3ccccc3C2)n1. The van der Waals surface area contributed by atoms with E-state index < -0.39 is 0 Å². The first-order valence-electron chi connectivity index (χ1n) is 7.65. The molecule has 0 aliphatic carbocycles. The zero-order valence-electron chi connectivity index (χ0n) is 12.7. The highest BCUT2D eigenvalue weighted by atomic mass is 16.5. The lowest BCUT2D eigenvalue weighted by atomic mass is 9.92. The topological polar surface area (TPSA) is 51.2 Å². The van der Waals surface area contributed by atoms with Crippen LogP contribution in [0.2, 0.25) is 0 Å². The average molecular weight is 296 g/mol. The lowest BCUT2D eigenvalue weighted by molar-refractivity contribution is 0.0958. The number of benzene rings is 1. The molecule has 1 aromatic carbocycles. The van der Waals surface area contributed by atoms with Crippen LogP contribution in [-0.4, -0.2) is 24.5 Å². The summed E-state index contributed by atoms with van der Waals surface area (Å²) in [5.41, 5.74) is 2.70. The quantitative estimate of drug-likeness (QED) is 0.947. The number of aromatic nitrogens is 1. The lowest BCUT2D eigenvalue weighted by Crippen LogP contribution is -2.20. The number of nitrogens with zero attached hydrogens (tertiary/aromatic N) is 1. The number of amides is 1. The summed E-state index contributed by atoms with van der Waals surface area (Å²) < 4.78 is 5.81. The monoisotopic (exact) mass is 296 g/mol. The lowest BCUT2D eigenvalue weighted by Gasteiger charge is -2.13. The maximum Gasteiger partial charge on any atom is 0.269 e. The van der Waals surface area contributed by atoms with Gasteiger partial charge in [0.25, 0.3) is 5.91 Å². The van der Waals surface area contributed by atoms with E-state index in [2.05, 4.69) is 22.4 Å². The van der Waals surface area contributed by atoms with E-state index in [1.54, 1.807) is 13.1 Å². The van der Waals surface area contributed by atoms with Gasteiger partial charge in [0, 0.05) is 12.7 Å². The Bertz CT molecular complexity index is 670. The Labute approximate surface area is 130 Å². The maximum atomic E-state index is 11.7. The standard InChI is InChI=1S/C18H20N2O2/c1-19-18(21)16-7-4-6-15(20-16)12-13-9-10-22-17-8-3-2-5-14(17)11-13/h2-8,13H,9-12H2,1H3,(H,19,21)/t13-/m1/s1. The minimum absolute atomic E-state index is 0.142. The first-order valence-corrected chi connectivity index (χ1v) is 7.65. The van der Waals surface area contributed by atoms with E-state index in [0.717, 1.165) is 37.3 Å². The van der Waals surface area contributed by atoms with Crippen molar-refractivity contribution < 1.29 is 9.53 Å². The summed E-state index contributed by atoms with van der Waals surface area (Å²) in [6.45, 7) is 0.733. The number of carbonyl (C=O) groups is 1. The van der Waals surface area contributed by atoms with E-state index in [9.17, 15) is 4.79 Å². The van der Waals surface area contributed by atoms with Crippen LogP contribution in [0.1, 0.15) is 28.2 Å². The second kappa shape index (κ2) is 6.60. The summed E-state index contributed by atoms with van der Waals surface area (Å²) in [5.74, 6) is 1.34. The van der Waals surface area contributed by atoms with Crippen LogP contribution in [0.5, 0.6) is 5.75 Å². The first-order chi connectivity index (χ1) is 10.8. The third kappa shape index (κ3) is 3.27. The van der Waals surface area contributed by atoms with Gasteiger partial charge in [-0.15, -0.1) is 0 Å². The van der Waals surface area contributed by atoms with Crippen molar-refractivity contribution in [3.05, 3.63) is 59.4 Å². The predicted molar refractivity (Wildman–Crippen MR) is 85.1 cm³/mol. The van der Waals surface area contributed by atoms with Crippen LogP contribution < -0.4 is 10.1 Å². The Kier molecular flexibility index (Phi) is 4.37. The number of pyridine rings is 1. The van der Waals surface area contributed by atoms with Crippen molar-refractivity contribution in [1.29, 1.82) is 0 Å². The second-order valence-corrected chi connectivity index (χ2v) is 5.61. The molecule has 3 rings (SSSR count). The zero-order valence-corrected chi connectivity index (χ0v) is 12.7. The van der Waals surface area contributed by atoms with Gasteiger partial charge in [0.05, 0.1) is 6.61 Å². The van der Waals surface area contributed by atoms with Gasteiger partial charge < -0.3 is 10.1 Å². The molecule has 4 nitrogen and oxygen atoms in total. The Morgan fingerprint density at radius 3 is 3.00 bits per heavy atom. The minimum atomic E-state index is -0.142. The molecule has 22 heavy (non-hydrogen) atoms. The van der Waals surface area contributed by atoms with E-state index in [1.165, 1.54) is 5.56 Å². The highest BCUT2D eigenvalue weighted by Gasteiger charge is 2.18. The molecule has 0 spiro atoms. The van der Waals surface area contributed by atoms with E-state index in [1.807, 2.05) is 24.3 Å². The van der Waals surface area contributed by atoms with Crippen LogP contribution in [0, 0.1) is 5.92 Å². The van der Waals surface area contributed by atoms with Gasteiger partial charge in [0.1, 0.15) is 11.4 Å². The summed E-state index contributed by atoms with van der Waals surface area (Å²) in [6.07, 6.45) is 2.85. The molecule has 1 aliphatic rings. The number of fused-ring (bicyclic) bond motifs is 1. The summed E-state index contributed by atoms with van der Waals surface area (Å²) in [6, 6.07) is 13.8. The van der Waals surface area contributed by atoms with Crippen LogP contribution in [0.15, 0.2) is 42.5 Å². The molecule has 0 bridgehead atoms. The molecule has 1 aliphatic heterocycles. The van der Waals surface area contributed by atoms with Gasteiger partial charge in [-0.3, -0.25) is 4.79 Å². The molecule has 1 aromatic heterocycles. The summed E-state index contributed by atoms with van der Waals surface area (Å²) in [5, 5.41) is 2.61. The summed E-state index contributed by atoms with van der Waals surface area (Å²) >= 11 is 0. The Morgan fingerprint density at radius 2 is 2.14 bits per heavy atom. The molecule has 114 valence electrons. The zero-order chi connectivity index (χ0) is 15.4. The van der Waals surface area contributed by atoms with Crippen LogP contribution in [-0.2, 0) is 12.8 Å². The van der Waals surface area contributed by atoms with E-state index in [-0.39, 0.29) is 5.91 Å². The van der Waals surface area contributed by atoms with Crippen LogP contribution >= 0.6 is 0 Å². The van der Waals surface area contributed by atoms with Gasteiger partial charge in [0.2, 0.25) is 0 Å². The number of rotatable bonds is 3. The Balaban J connectivity index is 1.75. The van der Waals surface area contributed by atoms with Crippen molar-refractivity contribution in [3.8, 4) is 5.75 Å². The molecule has 0 fully saturated rings. The van der Waals surface area contributed by atoms with Crippen molar-refractivity contribution >= 4 is 5.91 Å². The highest BCUT2D eigenvalue weighted by Crippen LogP contribution is 2.28. The van der Waals surface area contributed by atoms with Gasteiger partial charge in [-0.1, -0.05) is 24.3 Å². The Morgan fingerprint density at radius 1 is 1.27 bits per heavy atom. The summed E-state index contributed by atoms with van der Waals surface area (Å²) in [4.78, 5) is 16.2. The highest BCUT2D eigenvalue weighted by molar-refractivity contribution is 5.91. The third-order valence-corrected chi connectivity index (χ3v) is 4.03. The average Bonchev–Trinajstić information content (AvgIpc) is 2.76. The molecule has 2 heterocycles. The molecule has 1 amide bonds. The van der Waals surface area contributed by atoms with Crippen LogP contribution in [0.3, 0.4) is 0 Å². The molecule has 0 radical (unpaired) electrons. The normalized spacial score (nSPS) is 17.0. The minimum Gasteiger partial charge on any atom is -0.493 e. The van der Waals surface area contributed by atoms with Gasteiger partial charge in [0.15, 0.2) is 0 Å². The van der Waals surface area contributed by atoms with Crippen molar-refractivity contribution in [3.63, 3.8) is 0 Å². The molecular weight excluding hydrogens is 276 g/mol. The van der Waals surface area contributed by atoms with Crippen molar-refractivity contribution in [1.82, 2.24) is 10.3 Å². The second-order valence-electron chi connectivity index (χ2n) is 5.61. The van der Waals surface area contributed by atoms with E-state index in [0.29, 0.717) is 11.6 Å². The fraction of sp³-hybridized carbons (Fsp3) is 0.333. The summed E-state index contributed by atoms with van der Waals surface area (Å²) in [7, 11) is 1.62. The van der Waals surface area contributed by atoms with Gasteiger partial charge in [-0.05, 0) is 48.9 Å². The van der Waals surface area contributed by atoms with Gasteiger partial charge in [-0.2, -0.15) is 0 Å². The van der Waals surface area contributed by atoms with Gasteiger partial charge >= 0.3 is 0 Å². The third-order valence-electron chi connectivity index (χ3n) is 4.03. The van der Waals surface area contributed by atoms with Crippen molar-refractivity contribution in [2.24, 2.45) is 5.92 Å². The molecular formula is C18H20N2O2. The van der Waals surface area contributed by atoms with Gasteiger partial charge in [-0.25, -0.2) is 4.98 Å². The van der Waals surface area contributed by atoms with Crippen molar-refractivity contribution in [2.45, 2.75) is 19.3 Å². The molecule has 0 saturated carbocycles. The molecule has 0 unspecified atom stereocenters. The molecule has 4 heteroatoms. The number of hydrogen-bond acceptors (Lipinski definition) is 3. The molecule has 1 N–H and O–H groups in total. The number of ether oxygens (including phenoxy) is 1. The van der Waals surface area contributed by atoms with Crippen LogP contribution in [0.25, 0.3) is 0 Å². The molecule has 2 aromatic rings. The van der Waals surface area contributed by atoms with Crippen LogP contribution in [0.4, 0.5) is 0 Å². The molecule has 0 saturated heterocycles. The number of hydrogen-bond donors (Lipinski definition) is 1. The first kappa shape index (κ1) is 14.6. The largest absolute Gasteiger partial charge is 0.493 e. The van der Waals surface area contributed by atoms with E-state index in [4.69, 9.17) is 4.74 Å². The fourth-order valence-electron chi connectivity index (χ4n) is 2.88. The smallest absolute Gasteiger partial charge is 0.269 e. The Hall–Kier alpha value is -2.36. The number of carbonyl (C=O) groups excluding carboxylic acids is 1. The maximum absolute atomic E-state index is 11.7. The fourth-order valence-corrected chi connectivity index (χ4v) is 2.88. The van der Waals surface area contributed by atoms with E-state index >= 15 is 0 Å². The number of para-hydroxylation sites is 1.